The van der Waals surface area contributed by atoms with E-state index >= 15 is 0 Å². The van der Waals surface area contributed by atoms with Gasteiger partial charge in [0.2, 0.25) is 0 Å². The number of allylic oxidation sites excluding steroid dienone is 1. The summed E-state index contributed by atoms with van der Waals surface area (Å²) in [4.78, 5) is 11.8. The molecular weight excluding hydrogens is 474 g/mol. The summed E-state index contributed by atoms with van der Waals surface area (Å²) in [5.41, 5.74) is 9.13. The van der Waals surface area contributed by atoms with Gasteiger partial charge in [0.25, 0.3) is 0 Å². The van der Waals surface area contributed by atoms with E-state index in [-0.39, 0.29) is 17.5 Å². The van der Waals surface area contributed by atoms with Crippen molar-refractivity contribution in [1.29, 1.82) is 0 Å². The molecule has 5 heterocycles. The van der Waals surface area contributed by atoms with Crippen LogP contribution in [0.2, 0.25) is 5.02 Å². The molecule has 0 saturated heterocycles. The fourth-order valence-electron chi connectivity index (χ4n) is 6.94. The molecule has 0 aliphatic carbocycles. The lowest BCUT2D eigenvalue weighted by molar-refractivity contribution is 0.0737. The molecule has 0 saturated carbocycles. The van der Waals surface area contributed by atoms with Gasteiger partial charge in [0.15, 0.2) is 5.17 Å². The van der Waals surface area contributed by atoms with Crippen molar-refractivity contribution < 1.29 is 4.74 Å². The van der Waals surface area contributed by atoms with Gasteiger partial charge < -0.3 is 14.5 Å². The van der Waals surface area contributed by atoms with Gasteiger partial charge in [-0.1, -0.05) is 35.5 Å². The summed E-state index contributed by atoms with van der Waals surface area (Å²) in [6.45, 7) is 12.1. The number of ether oxygens (including phenoxy) is 1. The van der Waals surface area contributed by atoms with Gasteiger partial charge in [-0.05, 0) is 76.6 Å². The smallest absolute Gasteiger partial charge is 0.169 e. The number of aryl methyl sites for hydroxylation is 2. The summed E-state index contributed by atoms with van der Waals surface area (Å²) in [6.07, 6.45) is 4.76. The van der Waals surface area contributed by atoms with E-state index in [2.05, 4.69) is 61.8 Å². The maximum atomic E-state index is 6.68. The average Bonchev–Trinajstić information content (AvgIpc) is 3.18. The third-order valence-electron chi connectivity index (χ3n) is 8.78. The predicted octanol–water partition coefficient (Wildman–Crippen LogP) is 6.98. The van der Waals surface area contributed by atoms with Gasteiger partial charge in [-0.3, -0.25) is 4.99 Å². The minimum Gasteiger partial charge on any atom is -0.492 e. The van der Waals surface area contributed by atoms with Crippen LogP contribution >= 0.6 is 23.4 Å². The molecule has 0 N–H and O–H groups in total. The molecule has 0 radical (unpaired) electrons. The minimum atomic E-state index is -0.143. The number of hydrogen-bond acceptors (Lipinski definition) is 5. The summed E-state index contributed by atoms with van der Waals surface area (Å²) in [5.74, 6) is 1.41. The van der Waals surface area contributed by atoms with Crippen molar-refractivity contribution in [3.05, 3.63) is 62.0 Å². The second-order valence-electron chi connectivity index (χ2n) is 11.2. The van der Waals surface area contributed by atoms with Gasteiger partial charge in [-0.25, -0.2) is 0 Å². The molecule has 0 unspecified atom stereocenters. The molecule has 0 aromatic heterocycles. The molecule has 182 valence electrons. The zero-order chi connectivity index (χ0) is 24.1. The zero-order valence-corrected chi connectivity index (χ0v) is 22.5. The van der Waals surface area contributed by atoms with Crippen LogP contribution < -0.4 is 9.64 Å². The van der Waals surface area contributed by atoms with Gasteiger partial charge in [-0.2, -0.15) is 0 Å². The molecule has 2 aromatic rings. The number of fused-ring (bicyclic) bond motifs is 5. The first-order valence-corrected chi connectivity index (χ1v) is 14.1. The van der Waals surface area contributed by atoms with E-state index in [0.29, 0.717) is 6.61 Å². The van der Waals surface area contributed by atoms with Gasteiger partial charge in [0.1, 0.15) is 5.75 Å². The minimum absolute atomic E-state index is 0.139. The molecule has 5 aliphatic rings. The standard InChI is InChI=1S/C29H32ClN3OS/c1-16-9-10-19(14-23(16)30)25-17(2)35-28-31-24-21-13-18-7-5-11-32-12-6-8-20(26(18)32)27(21)34-15-22(24)29(3,4)33(25)28/h9-10,13-14,22,24H,5-8,11-12,15H2,1-4H3/t22-,24-/m0/s1. The molecule has 0 amide bonds. The lowest BCUT2D eigenvalue weighted by Gasteiger charge is -2.52. The van der Waals surface area contributed by atoms with Crippen molar-refractivity contribution in [2.24, 2.45) is 10.9 Å². The number of amidine groups is 1. The predicted molar refractivity (Wildman–Crippen MR) is 147 cm³/mol. The Kier molecular flexibility index (Phi) is 4.86. The third-order valence-corrected chi connectivity index (χ3v) is 10.2. The molecule has 35 heavy (non-hydrogen) atoms. The Bertz CT molecular complexity index is 1330. The van der Waals surface area contributed by atoms with E-state index in [1.54, 1.807) is 0 Å². The highest BCUT2D eigenvalue weighted by molar-refractivity contribution is 8.17. The largest absolute Gasteiger partial charge is 0.492 e. The van der Waals surface area contributed by atoms with Gasteiger partial charge in [-0.15, -0.1) is 0 Å². The highest BCUT2D eigenvalue weighted by Crippen LogP contribution is 2.57. The molecule has 0 spiro atoms. The summed E-state index contributed by atoms with van der Waals surface area (Å²) < 4.78 is 6.68. The molecule has 2 atom stereocenters. The van der Waals surface area contributed by atoms with Crippen LogP contribution in [-0.4, -0.2) is 35.3 Å². The van der Waals surface area contributed by atoms with Gasteiger partial charge in [0, 0.05) is 56.9 Å². The Labute approximate surface area is 217 Å². The first-order valence-electron chi connectivity index (χ1n) is 12.9. The molecular formula is C29H32ClN3OS. The summed E-state index contributed by atoms with van der Waals surface area (Å²) in [7, 11) is 0. The Morgan fingerprint density at radius 1 is 1.11 bits per heavy atom. The topological polar surface area (TPSA) is 28.1 Å². The molecule has 6 heteroatoms. The lowest BCUT2D eigenvalue weighted by atomic mass is 9.74. The SMILES string of the molecule is CC1=C(c2ccc(C)c(Cl)c2)N2C(=N[C@H]3c4cc5c6c(c4OC[C@@H]3C2(C)C)CCCN6CCC5)S1. The quantitative estimate of drug-likeness (QED) is 0.417. The van der Waals surface area contributed by atoms with Crippen molar-refractivity contribution >= 4 is 39.9 Å². The van der Waals surface area contributed by atoms with Crippen molar-refractivity contribution in [1.82, 2.24) is 4.90 Å². The molecule has 5 aliphatic heterocycles. The Balaban J connectivity index is 1.36. The number of aliphatic imine (C=N–C) groups is 1. The van der Waals surface area contributed by atoms with Crippen LogP contribution in [0.15, 0.2) is 34.2 Å². The average molecular weight is 506 g/mol. The van der Waals surface area contributed by atoms with E-state index in [4.69, 9.17) is 21.3 Å². The molecule has 2 aromatic carbocycles. The van der Waals surface area contributed by atoms with E-state index in [0.717, 1.165) is 33.5 Å². The molecule has 7 rings (SSSR count). The number of halogens is 1. The highest BCUT2D eigenvalue weighted by Gasteiger charge is 2.53. The molecule has 0 fully saturated rings. The monoisotopic (exact) mass is 505 g/mol. The highest BCUT2D eigenvalue weighted by atomic mass is 35.5. The van der Waals surface area contributed by atoms with Crippen LogP contribution in [0.4, 0.5) is 5.69 Å². The lowest BCUT2D eigenvalue weighted by Crippen LogP contribution is -2.56. The van der Waals surface area contributed by atoms with Crippen LogP contribution in [0.3, 0.4) is 0 Å². The summed E-state index contributed by atoms with van der Waals surface area (Å²) >= 11 is 8.36. The van der Waals surface area contributed by atoms with Crippen LogP contribution in [0.25, 0.3) is 5.70 Å². The van der Waals surface area contributed by atoms with Crippen LogP contribution in [0.1, 0.15) is 67.5 Å². The Morgan fingerprint density at radius 3 is 2.71 bits per heavy atom. The number of hydrogen-bond donors (Lipinski definition) is 0. The maximum absolute atomic E-state index is 6.68. The zero-order valence-electron chi connectivity index (χ0n) is 20.9. The first kappa shape index (κ1) is 22.1. The number of nitrogens with zero attached hydrogens (tertiary/aromatic N) is 3. The Morgan fingerprint density at radius 2 is 1.91 bits per heavy atom. The number of rotatable bonds is 1. The second-order valence-corrected chi connectivity index (χ2v) is 12.8. The van der Waals surface area contributed by atoms with Gasteiger partial charge in [0.05, 0.1) is 18.3 Å². The van der Waals surface area contributed by atoms with E-state index in [1.807, 2.05) is 11.8 Å². The normalized spacial score (nSPS) is 25.9. The van der Waals surface area contributed by atoms with Gasteiger partial charge >= 0.3 is 0 Å². The van der Waals surface area contributed by atoms with E-state index in [9.17, 15) is 0 Å². The van der Waals surface area contributed by atoms with Crippen molar-refractivity contribution in [3.63, 3.8) is 0 Å². The van der Waals surface area contributed by atoms with Crippen molar-refractivity contribution in [2.45, 2.75) is 65.0 Å². The van der Waals surface area contributed by atoms with Crippen LogP contribution in [0, 0.1) is 12.8 Å². The fourth-order valence-corrected chi connectivity index (χ4v) is 8.28. The molecule has 0 bridgehead atoms. The number of anilines is 1. The van der Waals surface area contributed by atoms with Crippen LogP contribution in [-0.2, 0) is 12.8 Å². The summed E-state index contributed by atoms with van der Waals surface area (Å²) in [6, 6.07) is 9.02. The van der Waals surface area contributed by atoms with E-state index < -0.39 is 0 Å². The first-order chi connectivity index (χ1) is 16.8. The number of benzene rings is 2. The fraction of sp³-hybridized carbons (Fsp3) is 0.483. The van der Waals surface area contributed by atoms with E-state index in [1.165, 1.54) is 65.3 Å². The molecule has 4 nitrogen and oxygen atoms in total. The van der Waals surface area contributed by atoms with Crippen molar-refractivity contribution in [2.75, 3.05) is 24.6 Å². The van der Waals surface area contributed by atoms with Crippen molar-refractivity contribution in [3.8, 4) is 5.75 Å². The third kappa shape index (κ3) is 3.10. The second kappa shape index (κ2) is 7.69. The number of thioether (sulfide) groups is 1. The Hall–Kier alpha value is -2.11. The maximum Gasteiger partial charge on any atom is 0.169 e. The summed E-state index contributed by atoms with van der Waals surface area (Å²) in [5, 5.41) is 1.93. The van der Waals surface area contributed by atoms with Crippen LogP contribution in [0.5, 0.6) is 5.75 Å².